The topological polar surface area (TPSA) is 97.9 Å². The second kappa shape index (κ2) is 10.9. The molecule has 174 valence electrons. The molecule has 3 aromatic rings. The molecule has 3 N–H and O–H groups in total. The van der Waals surface area contributed by atoms with Crippen LogP contribution in [0.5, 0.6) is 17.2 Å². The Morgan fingerprint density at radius 3 is 2.00 bits per heavy atom. The number of benzene rings is 3. The van der Waals surface area contributed by atoms with E-state index in [0.29, 0.717) is 29.5 Å². The van der Waals surface area contributed by atoms with Gasteiger partial charge in [-0.2, -0.15) is 0 Å². The fourth-order valence-corrected chi connectivity index (χ4v) is 4.37. The summed E-state index contributed by atoms with van der Waals surface area (Å²) in [5, 5.41) is 6.22. The minimum absolute atomic E-state index is 0.0199. The lowest BCUT2D eigenvalue weighted by Crippen LogP contribution is -2.22. The van der Waals surface area contributed by atoms with Crippen molar-refractivity contribution in [2.75, 3.05) is 36.2 Å². The summed E-state index contributed by atoms with van der Waals surface area (Å²) in [6, 6.07) is 18.5. The van der Waals surface area contributed by atoms with Crippen LogP contribution in [0.3, 0.4) is 0 Å². The van der Waals surface area contributed by atoms with E-state index in [0.717, 1.165) is 11.4 Å². The molecule has 0 aliphatic rings. The molecular weight excluding hydrogens is 462 g/mol. The molecular formula is C23H25N3O5S2. The SMILES string of the molecule is CCOc1ccc(NC(=S)Nc2ccc(OC)cc2S(=O)(=O)Nc2ccc(OC)cc2)cc1. The van der Waals surface area contributed by atoms with Crippen molar-refractivity contribution in [2.24, 2.45) is 0 Å². The summed E-state index contributed by atoms with van der Waals surface area (Å²) in [5.74, 6) is 1.75. The zero-order valence-electron chi connectivity index (χ0n) is 18.4. The van der Waals surface area contributed by atoms with Crippen molar-refractivity contribution in [3.63, 3.8) is 0 Å². The van der Waals surface area contributed by atoms with Crippen LogP contribution in [-0.4, -0.2) is 34.4 Å². The fourth-order valence-electron chi connectivity index (χ4n) is 2.91. The molecule has 0 radical (unpaired) electrons. The summed E-state index contributed by atoms with van der Waals surface area (Å²) in [6.07, 6.45) is 0. The number of anilines is 3. The lowest BCUT2D eigenvalue weighted by Gasteiger charge is -2.16. The first-order valence-electron chi connectivity index (χ1n) is 10.0. The maximum absolute atomic E-state index is 13.2. The van der Waals surface area contributed by atoms with Crippen LogP contribution in [0, 0.1) is 0 Å². The van der Waals surface area contributed by atoms with Crippen molar-refractivity contribution < 1.29 is 22.6 Å². The number of methoxy groups -OCH3 is 2. The van der Waals surface area contributed by atoms with Gasteiger partial charge >= 0.3 is 0 Å². The standard InChI is InChI=1S/C23H25N3O5S2/c1-4-31-19-11-5-16(6-12-19)24-23(32)25-21-14-13-20(30-3)15-22(21)33(27,28)26-17-7-9-18(29-2)10-8-17/h5-15,26H,4H2,1-3H3,(H2,24,25,32). The number of rotatable bonds is 9. The van der Waals surface area contributed by atoms with E-state index in [-0.39, 0.29) is 10.0 Å². The van der Waals surface area contributed by atoms with Crippen molar-refractivity contribution in [1.29, 1.82) is 0 Å². The van der Waals surface area contributed by atoms with Crippen LogP contribution in [-0.2, 0) is 10.0 Å². The second-order valence-corrected chi connectivity index (χ2v) is 8.79. The molecule has 3 aromatic carbocycles. The smallest absolute Gasteiger partial charge is 0.264 e. The minimum atomic E-state index is -3.96. The van der Waals surface area contributed by atoms with Gasteiger partial charge in [0.25, 0.3) is 10.0 Å². The monoisotopic (exact) mass is 487 g/mol. The number of nitrogens with one attached hydrogen (secondary N) is 3. The molecule has 0 aliphatic heterocycles. The molecule has 3 rings (SSSR count). The van der Waals surface area contributed by atoms with Crippen molar-refractivity contribution >= 4 is 44.4 Å². The van der Waals surface area contributed by atoms with Gasteiger partial charge in [-0.15, -0.1) is 0 Å². The Morgan fingerprint density at radius 2 is 1.39 bits per heavy atom. The average molecular weight is 488 g/mol. The van der Waals surface area contributed by atoms with Crippen LogP contribution in [0.15, 0.2) is 71.6 Å². The molecule has 10 heteroatoms. The Bertz CT molecular complexity index is 1200. The number of sulfonamides is 1. The van der Waals surface area contributed by atoms with Crippen LogP contribution in [0.4, 0.5) is 17.1 Å². The highest BCUT2D eigenvalue weighted by atomic mass is 32.2. The van der Waals surface area contributed by atoms with Crippen molar-refractivity contribution in [2.45, 2.75) is 11.8 Å². The zero-order chi connectivity index (χ0) is 23.8. The van der Waals surface area contributed by atoms with Crippen molar-refractivity contribution in [3.05, 3.63) is 66.7 Å². The third kappa shape index (κ3) is 6.50. The number of ether oxygens (including phenoxy) is 3. The predicted octanol–water partition coefficient (Wildman–Crippen LogP) is 4.71. The molecule has 0 spiro atoms. The molecule has 0 aliphatic carbocycles. The lowest BCUT2D eigenvalue weighted by atomic mass is 10.3. The molecule has 8 nitrogen and oxygen atoms in total. The first-order chi connectivity index (χ1) is 15.8. The third-order valence-electron chi connectivity index (χ3n) is 4.49. The van der Waals surface area contributed by atoms with Crippen LogP contribution in [0.2, 0.25) is 0 Å². The average Bonchev–Trinajstić information content (AvgIpc) is 2.81. The predicted molar refractivity (Wildman–Crippen MR) is 134 cm³/mol. The molecule has 33 heavy (non-hydrogen) atoms. The van der Waals surface area contributed by atoms with E-state index in [4.69, 9.17) is 26.4 Å². The third-order valence-corrected chi connectivity index (χ3v) is 6.12. The molecule has 0 aromatic heterocycles. The Morgan fingerprint density at radius 1 is 0.818 bits per heavy atom. The summed E-state index contributed by atoms with van der Waals surface area (Å²) >= 11 is 5.39. The Hall–Kier alpha value is -3.50. The van der Waals surface area contributed by atoms with E-state index < -0.39 is 10.0 Å². The molecule has 0 unspecified atom stereocenters. The van der Waals surface area contributed by atoms with E-state index >= 15 is 0 Å². The Balaban J connectivity index is 1.81. The molecule has 0 saturated heterocycles. The van der Waals surface area contributed by atoms with Gasteiger partial charge in [0, 0.05) is 17.4 Å². The molecule has 0 heterocycles. The Labute approximate surface area is 198 Å². The van der Waals surface area contributed by atoms with E-state index in [2.05, 4.69) is 15.4 Å². The van der Waals surface area contributed by atoms with Gasteiger partial charge in [0.15, 0.2) is 5.11 Å². The van der Waals surface area contributed by atoms with Gasteiger partial charge in [-0.1, -0.05) is 0 Å². The highest BCUT2D eigenvalue weighted by Gasteiger charge is 2.21. The van der Waals surface area contributed by atoms with Gasteiger partial charge < -0.3 is 24.8 Å². The van der Waals surface area contributed by atoms with Crippen molar-refractivity contribution in [3.8, 4) is 17.2 Å². The molecule has 0 amide bonds. The van der Waals surface area contributed by atoms with Gasteiger partial charge in [0.1, 0.15) is 22.1 Å². The van der Waals surface area contributed by atoms with E-state index in [9.17, 15) is 8.42 Å². The summed E-state index contributed by atoms with van der Waals surface area (Å²) < 4.78 is 44.7. The van der Waals surface area contributed by atoms with Gasteiger partial charge in [-0.3, -0.25) is 4.72 Å². The highest BCUT2D eigenvalue weighted by Crippen LogP contribution is 2.29. The normalized spacial score (nSPS) is 10.8. The van der Waals surface area contributed by atoms with Gasteiger partial charge in [-0.05, 0) is 79.8 Å². The molecule has 0 fully saturated rings. The minimum Gasteiger partial charge on any atom is -0.497 e. The van der Waals surface area contributed by atoms with Crippen LogP contribution < -0.4 is 29.6 Å². The summed E-state index contributed by atoms with van der Waals surface area (Å²) in [4.78, 5) is -0.0199. The molecule has 0 saturated carbocycles. The first-order valence-corrected chi connectivity index (χ1v) is 11.9. The summed E-state index contributed by atoms with van der Waals surface area (Å²) in [7, 11) is -0.958. The quantitative estimate of drug-likeness (QED) is 0.373. The maximum atomic E-state index is 13.2. The molecule has 0 atom stereocenters. The summed E-state index contributed by atoms with van der Waals surface area (Å²) in [5.41, 5.74) is 1.41. The van der Waals surface area contributed by atoms with Crippen LogP contribution in [0.25, 0.3) is 0 Å². The lowest BCUT2D eigenvalue weighted by molar-refractivity contribution is 0.340. The van der Waals surface area contributed by atoms with E-state index in [1.807, 2.05) is 31.2 Å². The van der Waals surface area contributed by atoms with Gasteiger partial charge in [0.2, 0.25) is 0 Å². The van der Waals surface area contributed by atoms with E-state index in [1.165, 1.54) is 20.3 Å². The summed E-state index contributed by atoms with van der Waals surface area (Å²) in [6.45, 7) is 2.49. The number of hydrogen-bond acceptors (Lipinski definition) is 6. The van der Waals surface area contributed by atoms with Crippen molar-refractivity contribution in [1.82, 2.24) is 0 Å². The number of thiocarbonyl (C=S) groups is 1. The Kier molecular flexibility index (Phi) is 7.96. The van der Waals surface area contributed by atoms with E-state index in [1.54, 1.807) is 36.4 Å². The highest BCUT2D eigenvalue weighted by molar-refractivity contribution is 7.93. The zero-order valence-corrected chi connectivity index (χ0v) is 20.0. The fraction of sp³-hybridized carbons (Fsp3) is 0.174. The first kappa shape index (κ1) is 24.1. The van der Waals surface area contributed by atoms with Gasteiger partial charge in [0.05, 0.1) is 26.5 Å². The second-order valence-electron chi connectivity index (χ2n) is 6.73. The molecule has 0 bridgehead atoms. The van der Waals surface area contributed by atoms with Crippen LogP contribution >= 0.6 is 12.2 Å². The van der Waals surface area contributed by atoms with Crippen LogP contribution in [0.1, 0.15) is 6.92 Å². The van der Waals surface area contributed by atoms with Gasteiger partial charge in [-0.25, -0.2) is 8.42 Å². The maximum Gasteiger partial charge on any atom is 0.264 e. The number of hydrogen-bond donors (Lipinski definition) is 3. The largest absolute Gasteiger partial charge is 0.497 e.